The number of hydrogen-bond donors (Lipinski definition) is 1. The molecule has 2 aromatic carbocycles. The molecule has 7 nitrogen and oxygen atoms in total. The maximum Gasteiger partial charge on any atom is 0.295 e. The number of Topliss-reactive ketones (excluding diaryl/α,β-unsaturated/α-hetero) is 1. The normalized spacial score (nSPS) is 20.7. The van der Waals surface area contributed by atoms with E-state index in [4.69, 9.17) is 9.47 Å². The monoisotopic (exact) mass is 492 g/mol. The first kappa shape index (κ1) is 25.9. The van der Waals surface area contributed by atoms with Crippen molar-refractivity contribution in [1.82, 2.24) is 9.80 Å². The second-order valence-electron chi connectivity index (χ2n) is 10.4. The van der Waals surface area contributed by atoms with Gasteiger partial charge in [-0.15, -0.1) is 0 Å². The highest BCUT2D eigenvalue weighted by atomic mass is 16.5. The van der Waals surface area contributed by atoms with E-state index in [-0.39, 0.29) is 16.7 Å². The highest BCUT2D eigenvalue weighted by molar-refractivity contribution is 6.46. The van der Waals surface area contributed by atoms with Gasteiger partial charge in [0, 0.05) is 31.7 Å². The molecule has 2 fully saturated rings. The van der Waals surface area contributed by atoms with Crippen molar-refractivity contribution < 1.29 is 24.2 Å². The zero-order chi connectivity index (χ0) is 25.9. The van der Waals surface area contributed by atoms with Crippen LogP contribution in [0.3, 0.4) is 0 Å². The topological polar surface area (TPSA) is 79.3 Å². The maximum atomic E-state index is 13.3. The van der Waals surface area contributed by atoms with Crippen LogP contribution in [-0.2, 0) is 19.7 Å². The fourth-order valence-corrected chi connectivity index (χ4v) is 4.82. The van der Waals surface area contributed by atoms with Gasteiger partial charge >= 0.3 is 0 Å². The van der Waals surface area contributed by atoms with E-state index in [1.807, 2.05) is 24.3 Å². The average Bonchev–Trinajstić information content (AvgIpc) is 3.13. The molecular weight excluding hydrogens is 456 g/mol. The van der Waals surface area contributed by atoms with Crippen LogP contribution >= 0.6 is 0 Å². The molecule has 0 spiro atoms. The zero-order valence-corrected chi connectivity index (χ0v) is 21.6. The third-order valence-corrected chi connectivity index (χ3v) is 6.97. The lowest BCUT2D eigenvalue weighted by atomic mass is 9.85. The summed E-state index contributed by atoms with van der Waals surface area (Å²) in [5.74, 6) is -0.752. The number of aliphatic hydroxyl groups excluding tert-OH is 1. The number of rotatable bonds is 7. The second-order valence-corrected chi connectivity index (χ2v) is 10.4. The lowest BCUT2D eigenvalue weighted by molar-refractivity contribution is -0.140. The summed E-state index contributed by atoms with van der Waals surface area (Å²) in [5.41, 5.74) is 2.54. The van der Waals surface area contributed by atoms with E-state index >= 15 is 0 Å². The molecule has 2 aliphatic heterocycles. The van der Waals surface area contributed by atoms with Crippen molar-refractivity contribution >= 4 is 17.4 Å². The van der Waals surface area contributed by atoms with Gasteiger partial charge in [0.25, 0.3) is 11.7 Å². The Hall–Kier alpha value is -3.16. The molecule has 0 radical (unpaired) electrons. The molecule has 0 saturated carbocycles. The van der Waals surface area contributed by atoms with Crippen LogP contribution in [0.4, 0.5) is 0 Å². The van der Waals surface area contributed by atoms with Gasteiger partial charge in [-0.1, -0.05) is 45.0 Å². The van der Waals surface area contributed by atoms with Crippen molar-refractivity contribution in [3.8, 4) is 5.75 Å². The van der Waals surface area contributed by atoms with Crippen LogP contribution in [0.25, 0.3) is 5.76 Å². The Kier molecular flexibility index (Phi) is 7.81. The number of ether oxygens (including phenoxy) is 2. The number of carbonyl (C=O) groups is 2. The number of nitrogens with zero attached hydrogens (tertiary/aromatic N) is 2. The van der Waals surface area contributed by atoms with Crippen molar-refractivity contribution in [2.24, 2.45) is 0 Å². The molecule has 2 aromatic rings. The molecule has 2 aliphatic rings. The summed E-state index contributed by atoms with van der Waals surface area (Å²) in [5, 5.41) is 11.3. The quantitative estimate of drug-likeness (QED) is 0.356. The Labute approximate surface area is 213 Å². The number of carbonyl (C=O) groups excluding carboxylic acids is 2. The van der Waals surface area contributed by atoms with Crippen LogP contribution < -0.4 is 4.74 Å². The van der Waals surface area contributed by atoms with E-state index in [1.54, 1.807) is 36.3 Å². The molecule has 0 unspecified atom stereocenters. The Morgan fingerprint density at radius 3 is 2.22 bits per heavy atom. The van der Waals surface area contributed by atoms with E-state index in [0.717, 1.165) is 37.2 Å². The van der Waals surface area contributed by atoms with E-state index < -0.39 is 17.7 Å². The minimum absolute atomic E-state index is 0.0262. The Morgan fingerprint density at radius 1 is 1.00 bits per heavy atom. The van der Waals surface area contributed by atoms with Crippen LogP contribution in [0.5, 0.6) is 5.75 Å². The van der Waals surface area contributed by atoms with Crippen molar-refractivity contribution in [2.45, 2.75) is 38.6 Å². The molecular formula is C29H36N2O5. The van der Waals surface area contributed by atoms with E-state index in [0.29, 0.717) is 31.1 Å². The van der Waals surface area contributed by atoms with Gasteiger partial charge in [0.1, 0.15) is 11.5 Å². The Morgan fingerprint density at radius 2 is 1.64 bits per heavy atom. The van der Waals surface area contributed by atoms with E-state index in [2.05, 4.69) is 25.7 Å². The number of methoxy groups -OCH3 is 1. The highest BCUT2D eigenvalue weighted by Crippen LogP contribution is 2.40. The Balaban J connectivity index is 1.68. The van der Waals surface area contributed by atoms with Crippen molar-refractivity contribution in [3.05, 3.63) is 70.8 Å². The summed E-state index contributed by atoms with van der Waals surface area (Å²) in [7, 11) is 1.57. The minimum atomic E-state index is -0.653. The van der Waals surface area contributed by atoms with E-state index in [1.165, 1.54) is 0 Å². The molecule has 0 aromatic heterocycles. The molecule has 4 rings (SSSR count). The largest absolute Gasteiger partial charge is 0.507 e. The molecule has 2 saturated heterocycles. The first-order valence-corrected chi connectivity index (χ1v) is 12.5. The lowest BCUT2D eigenvalue weighted by Crippen LogP contribution is -2.39. The summed E-state index contributed by atoms with van der Waals surface area (Å²) in [6.45, 7) is 10.8. The number of aliphatic hydroxyl groups is 1. The number of hydrogen-bond acceptors (Lipinski definition) is 6. The van der Waals surface area contributed by atoms with Crippen molar-refractivity contribution in [1.29, 1.82) is 0 Å². The maximum absolute atomic E-state index is 13.3. The van der Waals surface area contributed by atoms with Crippen LogP contribution in [0.15, 0.2) is 54.1 Å². The van der Waals surface area contributed by atoms with Gasteiger partial charge in [-0.2, -0.15) is 0 Å². The van der Waals surface area contributed by atoms with Gasteiger partial charge in [-0.3, -0.25) is 14.5 Å². The summed E-state index contributed by atoms with van der Waals surface area (Å²) in [6, 6.07) is 14.2. The highest BCUT2D eigenvalue weighted by Gasteiger charge is 2.45. The smallest absolute Gasteiger partial charge is 0.295 e. The van der Waals surface area contributed by atoms with Crippen LogP contribution in [-0.4, -0.2) is 73.1 Å². The third kappa shape index (κ3) is 5.47. The molecule has 1 amide bonds. The van der Waals surface area contributed by atoms with Crippen molar-refractivity contribution in [3.63, 3.8) is 0 Å². The molecule has 36 heavy (non-hydrogen) atoms. The summed E-state index contributed by atoms with van der Waals surface area (Å²) in [4.78, 5) is 30.4. The summed E-state index contributed by atoms with van der Waals surface area (Å²) < 4.78 is 10.6. The average molecular weight is 493 g/mol. The molecule has 1 N–H and O–H groups in total. The predicted molar refractivity (Wildman–Crippen MR) is 139 cm³/mol. The number of likely N-dealkylation sites (tertiary alicyclic amines) is 1. The van der Waals surface area contributed by atoms with Crippen LogP contribution in [0.1, 0.15) is 49.9 Å². The van der Waals surface area contributed by atoms with Crippen LogP contribution in [0.2, 0.25) is 0 Å². The third-order valence-electron chi connectivity index (χ3n) is 6.97. The lowest BCUT2D eigenvalue weighted by Gasteiger charge is -2.29. The van der Waals surface area contributed by atoms with Crippen LogP contribution in [0, 0.1) is 0 Å². The molecule has 0 bridgehead atoms. The van der Waals surface area contributed by atoms with Gasteiger partial charge in [0.15, 0.2) is 0 Å². The van der Waals surface area contributed by atoms with Crippen molar-refractivity contribution in [2.75, 3.05) is 46.5 Å². The second kappa shape index (κ2) is 10.8. The number of ketones is 1. The van der Waals surface area contributed by atoms with Gasteiger partial charge in [-0.05, 0) is 47.2 Å². The molecule has 0 aliphatic carbocycles. The first-order chi connectivity index (χ1) is 17.2. The molecule has 7 heteroatoms. The standard InChI is InChI=1S/C29H36N2O5/c1-29(2,3)22-10-6-20(7-11-22)25-24(26(32)21-8-12-23(35-4)13-9-21)27(33)28(34)31(25)15-5-14-30-16-18-36-19-17-30/h6-13,25,32H,5,14-19H2,1-4H3/t25-/m0/s1. The number of benzene rings is 2. The predicted octanol–water partition coefficient (Wildman–Crippen LogP) is 4.14. The summed E-state index contributed by atoms with van der Waals surface area (Å²) in [6.07, 6.45) is 0.728. The Bertz CT molecular complexity index is 1110. The molecule has 192 valence electrons. The van der Waals surface area contributed by atoms with Gasteiger partial charge in [0.05, 0.1) is 31.9 Å². The van der Waals surface area contributed by atoms with Gasteiger partial charge in [-0.25, -0.2) is 0 Å². The van der Waals surface area contributed by atoms with Gasteiger partial charge in [0.2, 0.25) is 0 Å². The zero-order valence-electron chi connectivity index (χ0n) is 21.6. The molecule has 2 heterocycles. The fraction of sp³-hybridized carbons (Fsp3) is 0.448. The number of morpholine rings is 1. The fourth-order valence-electron chi connectivity index (χ4n) is 4.82. The molecule has 1 atom stereocenters. The first-order valence-electron chi connectivity index (χ1n) is 12.5. The van der Waals surface area contributed by atoms with E-state index in [9.17, 15) is 14.7 Å². The number of amides is 1. The summed E-state index contributed by atoms with van der Waals surface area (Å²) >= 11 is 0. The minimum Gasteiger partial charge on any atom is -0.507 e. The van der Waals surface area contributed by atoms with Gasteiger partial charge < -0.3 is 19.5 Å². The SMILES string of the molecule is COc1ccc(C(O)=C2C(=O)C(=O)N(CCCN3CCOCC3)[C@H]2c2ccc(C(C)(C)C)cc2)cc1.